The third-order valence-electron chi connectivity index (χ3n) is 3.59. The van der Waals surface area contributed by atoms with Gasteiger partial charge in [-0.25, -0.2) is 4.39 Å². The Balaban J connectivity index is 2.03. The van der Waals surface area contributed by atoms with Crippen LogP contribution in [0.25, 0.3) is 0 Å². The van der Waals surface area contributed by atoms with Gasteiger partial charge in [0.2, 0.25) is 0 Å². The molecule has 3 nitrogen and oxygen atoms in total. The molecule has 2 N–H and O–H groups in total. The zero-order valence-corrected chi connectivity index (χ0v) is 13.1. The molecule has 5 heteroatoms. The number of rotatable bonds is 2. The van der Waals surface area contributed by atoms with Crippen LogP contribution in [0.5, 0.6) is 0 Å². The van der Waals surface area contributed by atoms with Gasteiger partial charge in [0.05, 0.1) is 12.6 Å². The van der Waals surface area contributed by atoms with Crippen molar-refractivity contribution in [1.82, 2.24) is 0 Å². The molecule has 21 heavy (non-hydrogen) atoms. The average molecular weight is 348 g/mol. The van der Waals surface area contributed by atoms with Crippen LogP contribution >= 0.6 is 15.9 Å². The molecular weight excluding hydrogens is 333 g/mol. The van der Waals surface area contributed by atoms with Crippen molar-refractivity contribution < 1.29 is 4.39 Å². The van der Waals surface area contributed by atoms with E-state index in [2.05, 4.69) is 20.9 Å². The topological polar surface area (TPSA) is 41.6 Å². The first-order chi connectivity index (χ1) is 10.1. The average Bonchev–Trinajstić information content (AvgIpc) is 2.80. The fourth-order valence-electron chi connectivity index (χ4n) is 2.60. The van der Waals surface area contributed by atoms with Crippen LogP contribution in [0.2, 0.25) is 0 Å². The second-order valence-corrected chi connectivity index (χ2v) is 6.01. The molecule has 0 saturated carbocycles. The molecule has 108 valence electrons. The molecule has 1 heterocycles. The minimum absolute atomic E-state index is 0.208. The summed E-state index contributed by atoms with van der Waals surface area (Å²) in [6.07, 6.45) is 0. The summed E-state index contributed by atoms with van der Waals surface area (Å²) < 4.78 is 15.0. The third kappa shape index (κ3) is 2.65. The van der Waals surface area contributed by atoms with Crippen molar-refractivity contribution >= 4 is 27.6 Å². The van der Waals surface area contributed by atoms with Crippen molar-refractivity contribution in [3.05, 3.63) is 63.9 Å². The van der Waals surface area contributed by atoms with Gasteiger partial charge in [0.1, 0.15) is 5.82 Å². The Morgan fingerprint density at radius 3 is 2.81 bits per heavy atom. The van der Waals surface area contributed by atoms with Gasteiger partial charge in [-0.1, -0.05) is 34.1 Å². The molecule has 0 radical (unpaired) electrons. The van der Waals surface area contributed by atoms with E-state index in [1.54, 1.807) is 6.07 Å². The molecule has 1 aliphatic heterocycles. The molecule has 0 amide bonds. The van der Waals surface area contributed by atoms with E-state index in [1.165, 1.54) is 6.07 Å². The number of guanidine groups is 1. The molecule has 1 atom stereocenters. The normalized spacial score (nSPS) is 18.0. The minimum atomic E-state index is -0.253. The van der Waals surface area contributed by atoms with Gasteiger partial charge in [0.25, 0.3) is 0 Å². The van der Waals surface area contributed by atoms with Gasteiger partial charge in [-0.15, -0.1) is 0 Å². The lowest BCUT2D eigenvalue weighted by atomic mass is 10.0. The highest BCUT2D eigenvalue weighted by atomic mass is 79.9. The van der Waals surface area contributed by atoms with Crippen molar-refractivity contribution in [3.63, 3.8) is 0 Å². The van der Waals surface area contributed by atoms with Crippen LogP contribution in [0.4, 0.5) is 10.1 Å². The molecule has 0 saturated heterocycles. The van der Waals surface area contributed by atoms with Crippen LogP contribution in [0, 0.1) is 12.7 Å². The van der Waals surface area contributed by atoms with Crippen molar-refractivity contribution in [2.24, 2.45) is 10.7 Å². The lowest BCUT2D eigenvalue weighted by molar-refractivity contribution is 0.588. The second-order valence-electron chi connectivity index (χ2n) is 5.09. The molecule has 1 aliphatic rings. The van der Waals surface area contributed by atoms with E-state index in [0.717, 1.165) is 15.7 Å². The fraction of sp³-hybridized carbons (Fsp3) is 0.188. The highest BCUT2D eigenvalue weighted by Crippen LogP contribution is 2.33. The zero-order valence-electron chi connectivity index (χ0n) is 11.6. The first-order valence-electron chi connectivity index (χ1n) is 6.67. The van der Waals surface area contributed by atoms with Crippen LogP contribution in [0.1, 0.15) is 17.2 Å². The molecule has 0 aliphatic carbocycles. The van der Waals surface area contributed by atoms with Gasteiger partial charge in [-0.05, 0) is 36.8 Å². The summed E-state index contributed by atoms with van der Waals surface area (Å²) in [5.41, 5.74) is 8.67. The first kappa shape index (κ1) is 14.1. The van der Waals surface area contributed by atoms with Gasteiger partial charge >= 0.3 is 0 Å². The van der Waals surface area contributed by atoms with Gasteiger partial charge in [0.15, 0.2) is 5.96 Å². The molecular formula is C16H15BrFN3. The van der Waals surface area contributed by atoms with Crippen LogP contribution in [-0.2, 0) is 0 Å². The highest BCUT2D eigenvalue weighted by molar-refractivity contribution is 9.10. The largest absolute Gasteiger partial charge is 0.369 e. The number of nitrogens with two attached hydrogens (primary N) is 1. The molecule has 3 rings (SSSR count). The SMILES string of the molecule is Cc1cccc(N2C(N)=NCC2c2ccc(Br)cc2F)c1. The van der Waals surface area contributed by atoms with Crippen LogP contribution in [-0.4, -0.2) is 12.5 Å². The Morgan fingerprint density at radius 1 is 1.29 bits per heavy atom. The number of hydrogen-bond donors (Lipinski definition) is 1. The van der Waals surface area contributed by atoms with Crippen LogP contribution < -0.4 is 10.6 Å². The van der Waals surface area contributed by atoms with Crippen LogP contribution in [0.3, 0.4) is 0 Å². The zero-order chi connectivity index (χ0) is 15.0. The summed E-state index contributed by atoms with van der Waals surface area (Å²) >= 11 is 3.28. The summed E-state index contributed by atoms with van der Waals surface area (Å²) in [4.78, 5) is 6.18. The summed E-state index contributed by atoms with van der Waals surface area (Å²) in [6.45, 7) is 2.47. The van der Waals surface area contributed by atoms with E-state index < -0.39 is 0 Å². The number of hydrogen-bond acceptors (Lipinski definition) is 3. The molecule has 2 aromatic carbocycles. The number of anilines is 1. The maximum atomic E-state index is 14.2. The van der Waals surface area contributed by atoms with E-state index in [-0.39, 0.29) is 11.9 Å². The van der Waals surface area contributed by atoms with E-state index in [0.29, 0.717) is 18.1 Å². The predicted octanol–water partition coefficient (Wildman–Crippen LogP) is 3.77. The second kappa shape index (κ2) is 5.48. The summed E-state index contributed by atoms with van der Waals surface area (Å²) in [5, 5.41) is 0. The molecule has 0 aromatic heterocycles. The number of aliphatic imine (C=N–C) groups is 1. The highest BCUT2D eigenvalue weighted by Gasteiger charge is 2.30. The molecule has 0 spiro atoms. The molecule has 2 aromatic rings. The van der Waals surface area contributed by atoms with Gasteiger partial charge < -0.3 is 10.6 Å². The van der Waals surface area contributed by atoms with E-state index in [4.69, 9.17) is 5.73 Å². The van der Waals surface area contributed by atoms with Crippen molar-refractivity contribution in [2.45, 2.75) is 13.0 Å². The monoisotopic (exact) mass is 347 g/mol. The maximum Gasteiger partial charge on any atom is 0.196 e. The molecule has 1 unspecified atom stereocenters. The van der Waals surface area contributed by atoms with E-state index in [1.807, 2.05) is 42.2 Å². The van der Waals surface area contributed by atoms with Gasteiger partial charge in [-0.2, -0.15) is 0 Å². The van der Waals surface area contributed by atoms with Gasteiger partial charge in [-0.3, -0.25) is 4.99 Å². The van der Waals surface area contributed by atoms with Crippen LogP contribution in [0.15, 0.2) is 51.9 Å². The molecule has 0 fully saturated rings. The Labute approximate surface area is 131 Å². The Hall–Kier alpha value is -1.88. The lowest BCUT2D eigenvalue weighted by Crippen LogP contribution is -2.36. The van der Waals surface area contributed by atoms with Crippen molar-refractivity contribution in [1.29, 1.82) is 0 Å². The summed E-state index contributed by atoms with van der Waals surface area (Å²) in [6, 6.07) is 12.8. The maximum absolute atomic E-state index is 14.2. The quantitative estimate of drug-likeness (QED) is 0.898. The number of benzene rings is 2. The number of nitrogens with zero attached hydrogens (tertiary/aromatic N) is 2. The Morgan fingerprint density at radius 2 is 2.10 bits per heavy atom. The third-order valence-corrected chi connectivity index (χ3v) is 4.08. The van der Waals surface area contributed by atoms with Gasteiger partial charge in [0, 0.05) is 15.7 Å². The van der Waals surface area contributed by atoms with Crippen molar-refractivity contribution in [3.8, 4) is 0 Å². The molecule has 0 bridgehead atoms. The smallest absolute Gasteiger partial charge is 0.196 e. The fourth-order valence-corrected chi connectivity index (χ4v) is 2.93. The Kier molecular flexibility index (Phi) is 3.68. The standard InChI is InChI=1S/C16H15BrFN3/c1-10-3-2-4-12(7-10)21-15(9-20-16(21)19)13-6-5-11(17)8-14(13)18/h2-8,15H,9H2,1H3,(H2,19,20). The Bertz CT molecular complexity index is 714. The summed E-state index contributed by atoms with van der Waals surface area (Å²) in [5.74, 6) is 0.171. The number of aryl methyl sites for hydroxylation is 1. The van der Waals surface area contributed by atoms with E-state index >= 15 is 0 Å². The lowest BCUT2D eigenvalue weighted by Gasteiger charge is -2.27. The van der Waals surface area contributed by atoms with E-state index in [9.17, 15) is 4.39 Å². The number of halogens is 2. The summed E-state index contributed by atoms with van der Waals surface area (Å²) in [7, 11) is 0. The minimum Gasteiger partial charge on any atom is -0.369 e. The predicted molar refractivity (Wildman–Crippen MR) is 87.0 cm³/mol. The van der Waals surface area contributed by atoms with Crippen molar-refractivity contribution in [2.75, 3.05) is 11.4 Å². The first-order valence-corrected chi connectivity index (χ1v) is 7.46.